The van der Waals surface area contributed by atoms with Crippen LogP contribution >= 0.6 is 0 Å². The zero-order valence-corrected chi connectivity index (χ0v) is 14.1. The second-order valence-electron chi connectivity index (χ2n) is 5.07. The summed E-state index contributed by atoms with van der Waals surface area (Å²) in [7, 11) is 1.87. The van der Waals surface area contributed by atoms with Crippen molar-refractivity contribution in [2.24, 2.45) is 4.99 Å². The second kappa shape index (κ2) is 8.46. The van der Waals surface area contributed by atoms with E-state index in [0.29, 0.717) is 11.4 Å². The van der Waals surface area contributed by atoms with Crippen LogP contribution in [0.15, 0.2) is 47.1 Å². The first-order chi connectivity index (χ1) is 11.0. The van der Waals surface area contributed by atoms with Crippen LogP contribution in [0.4, 0.5) is 11.4 Å². The molecule has 0 saturated heterocycles. The van der Waals surface area contributed by atoms with Crippen LogP contribution in [-0.2, 0) is 0 Å². The molecule has 0 radical (unpaired) electrons. The molecule has 0 aliphatic rings. The van der Waals surface area contributed by atoms with E-state index in [0.717, 1.165) is 23.5 Å². The van der Waals surface area contributed by atoms with Crippen molar-refractivity contribution < 1.29 is 0 Å². The van der Waals surface area contributed by atoms with Crippen molar-refractivity contribution in [1.29, 1.82) is 5.26 Å². The van der Waals surface area contributed by atoms with Crippen LogP contribution in [0.1, 0.15) is 32.8 Å². The van der Waals surface area contributed by atoms with Crippen LogP contribution in [0, 0.1) is 23.8 Å². The van der Waals surface area contributed by atoms with Gasteiger partial charge in [-0.05, 0) is 44.5 Å². The molecule has 0 unspecified atom stereocenters. The molecule has 4 heteroatoms. The molecule has 0 aromatic heterocycles. The molecule has 0 aliphatic heterocycles. The third-order valence-electron chi connectivity index (χ3n) is 3.65. The van der Waals surface area contributed by atoms with Gasteiger partial charge in [0.15, 0.2) is 0 Å². The molecule has 0 heterocycles. The predicted octanol–water partition coefficient (Wildman–Crippen LogP) is 4.29. The molecule has 1 N–H and O–H groups in total. The van der Waals surface area contributed by atoms with Crippen molar-refractivity contribution in [2.75, 3.05) is 17.3 Å². The Balaban J connectivity index is 3.38. The number of hydrogen-bond acceptors (Lipinski definition) is 3. The van der Waals surface area contributed by atoms with Gasteiger partial charge in [0.05, 0.1) is 23.0 Å². The van der Waals surface area contributed by atoms with Gasteiger partial charge in [-0.3, -0.25) is 0 Å². The molecule has 1 aromatic rings. The Bertz CT molecular complexity index is 727. The smallest absolute Gasteiger partial charge is 0.132 e. The van der Waals surface area contributed by atoms with Crippen LogP contribution in [0.5, 0.6) is 0 Å². The number of amidine groups is 1. The topological polar surface area (TPSA) is 51.4 Å². The largest absolute Gasteiger partial charge is 0.328 e. The van der Waals surface area contributed by atoms with Gasteiger partial charge in [0, 0.05) is 18.8 Å². The summed E-state index contributed by atoms with van der Waals surface area (Å²) in [6, 6.07) is 9.81. The van der Waals surface area contributed by atoms with E-state index in [1.54, 1.807) is 24.3 Å². The van der Waals surface area contributed by atoms with Gasteiger partial charge in [0.25, 0.3) is 0 Å². The molecule has 1 aromatic carbocycles. The Morgan fingerprint density at radius 3 is 2.70 bits per heavy atom. The van der Waals surface area contributed by atoms with Gasteiger partial charge in [-0.2, -0.15) is 5.26 Å². The molecule has 118 valence electrons. The molecule has 1 rings (SSSR count). The Labute approximate surface area is 138 Å². The quantitative estimate of drug-likeness (QED) is 0.382. The summed E-state index contributed by atoms with van der Waals surface area (Å²) in [5.74, 6) is 0.686. The maximum Gasteiger partial charge on any atom is 0.132 e. The number of likely N-dealkylation sites (N-methyl/N-ethyl adjacent to an activating group) is 1. The zero-order valence-electron chi connectivity index (χ0n) is 14.1. The highest BCUT2D eigenvalue weighted by molar-refractivity contribution is 6.07. The minimum Gasteiger partial charge on any atom is -0.328 e. The van der Waals surface area contributed by atoms with Crippen molar-refractivity contribution in [3.63, 3.8) is 0 Å². The lowest BCUT2D eigenvalue weighted by Crippen LogP contribution is -2.25. The molecule has 0 fully saturated rings. The average Bonchev–Trinajstić information content (AvgIpc) is 2.58. The maximum absolute atomic E-state index is 9.12. The van der Waals surface area contributed by atoms with Gasteiger partial charge in [-0.15, -0.1) is 0 Å². The Morgan fingerprint density at radius 1 is 1.48 bits per heavy atom. The lowest BCUT2D eigenvalue weighted by molar-refractivity contribution is 1.03. The first-order valence-corrected chi connectivity index (χ1v) is 7.35. The predicted molar refractivity (Wildman–Crippen MR) is 98.3 cm³/mol. The summed E-state index contributed by atoms with van der Waals surface area (Å²) in [5.41, 5.74) is 4.22. The monoisotopic (exact) mass is 306 g/mol. The summed E-state index contributed by atoms with van der Waals surface area (Å²) in [4.78, 5) is 6.50. The van der Waals surface area contributed by atoms with E-state index in [1.807, 2.05) is 18.9 Å². The number of nitrogens with zero attached hydrogens (tertiary/aromatic N) is 3. The third kappa shape index (κ3) is 4.49. The Hall–Kier alpha value is -2.98. The zero-order chi connectivity index (χ0) is 17.4. The molecule has 0 atom stereocenters. The number of terminal acetylenes is 1. The SMILES string of the molecule is C#CNc1ccc(C#N)cc1N(C)C(C=C)=N/C(C)=C(/C)CC. The number of allylic oxidation sites excluding steroid dienone is 2. The first kappa shape index (κ1) is 18.1. The van der Waals surface area contributed by atoms with Crippen molar-refractivity contribution in [3.8, 4) is 18.5 Å². The number of benzene rings is 1. The summed E-state index contributed by atoms with van der Waals surface area (Å²) in [6.45, 7) is 9.97. The van der Waals surface area contributed by atoms with Crippen LogP contribution in [-0.4, -0.2) is 12.9 Å². The molecule has 23 heavy (non-hydrogen) atoms. The van der Waals surface area contributed by atoms with E-state index in [4.69, 9.17) is 11.7 Å². The fraction of sp³-hybridized carbons (Fsp3) is 0.263. The fourth-order valence-corrected chi connectivity index (χ4v) is 1.97. The van der Waals surface area contributed by atoms with Crippen LogP contribution < -0.4 is 10.2 Å². The number of hydrogen-bond donors (Lipinski definition) is 1. The first-order valence-electron chi connectivity index (χ1n) is 7.35. The molecule has 0 spiro atoms. The number of anilines is 2. The minimum atomic E-state index is 0.551. The van der Waals surface area contributed by atoms with Gasteiger partial charge < -0.3 is 10.2 Å². The molecule has 0 saturated carbocycles. The van der Waals surface area contributed by atoms with Crippen molar-refractivity contribution in [3.05, 3.63) is 47.7 Å². The Kier molecular flexibility index (Phi) is 6.65. The summed E-state index contributed by atoms with van der Waals surface area (Å²) >= 11 is 0. The molecule has 0 bridgehead atoms. The number of nitrogens with one attached hydrogen (secondary N) is 1. The lowest BCUT2D eigenvalue weighted by Gasteiger charge is -2.22. The van der Waals surface area contributed by atoms with E-state index >= 15 is 0 Å². The summed E-state index contributed by atoms with van der Waals surface area (Å²) in [6.07, 6.45) is 7.97. The molecule has 0 aliphatic carbocycles. The van der Waals surface area contributed by atoms with Crippen LogP contribution in [0.25, 0.3) is 0 Å². The lowest BCUT2D eigenvalue weighted by atomic mass is 10.1. The number of aliphatic imine (C=N–C) groups is 1. The minimum absolute atomic E-state index is 0.551. The molecular weight excluding hydrogens is 284 g/mol. The highest BCUT2D eigenvalue weighted by Gasteiger charge is 2.12. The normalized spacial score (nSPS) is 11.8. The second-order valence-corrected chi connectivity index (χ2v) is 5.07. The van der Waals surface area contributed by atoms with Crippen LogP contribution in [0.2, 0.25) is 0 Å². The van der Waals surface area contributed by atoms with Gasteiger partial charge >= 0.3 is 0 Å². The molecular formula is C19H22N4. The van der Waals surface area contributed by atoms with E-state index in [-0.39, 0.29) is 0 Å². The third-order valence-corrected chi connectivity index (χ3v) is 3.65. The molecule has 4 nitrogen and oxygen atoms in total. The fourth-order valence-electron chi connectivity index (χ4n) is 1.97. The molecule has 0 amide bonds. The average molecular weight is 306 g/mol. The van der Waals surface area contributed by atoms with E-state index in [2.05, 4.69) is 42.8 Å². The highest BCUT2D eigenvalue weighted by atomic mass is 15.2. The highest BCUT2D eigenvalue weighted by Crippen LogP contribution is 2.27. The standard InChI is InChI=1S/C19H22N4/c1-7-14(4)15(5)22-19(8-2)23(6)18-12-16(13-20)10-11-17(18)21-9-3/h3,8,10-12,21H,2,7H2,1,4-6H3/b15-14-,22-19?. The van der Waals surface area contributed by atoms with E-state index in [1.165, 1.54) is 5.57 Å². The van der Waals surface area contributed by atoms with Gasteiger partial charge in [-0.1, -0.05) is 25.5 Å². The summed E-state index contributed by atoms with van der Waals surface area (Å²) in [5, 5.41) is 12.0. The van der Waals surface area contributed by atoms with Crippen molar-refractivity contribution in [1.82, 2.24) is 0 Å². The summed E-state index contributed by atoms with van der Waals surface area (Å²) < 4.78 is 0. The number of nitriles is 1. The van der Waals surface area contributed by atoms with Crippen LogP contribution in [0.3, 0.4) is 0 Å². The van der Waals surface area contributed by atoms with Crippen molar-refractivity contribution >= 4 is 17.2 Å². The van der Waals surface area contributed by atoms with E-state index < -0.39 is 0 Å². The maximum atomic E-state index is 9.12. The Morgan fingerprint density at radius 2 is 2.17 bits per heavy atom. The van der Waals surface area contributed by atoms with E-state index in [9.17, 15) is 0 Å². The number of rotatable bonds is 5. The van der Waals surface area contributed by atoms with Gasteiger partial charge in [0.2, 0.25) is 0 Å². The van der Waals surface area contributed by atoms with Gasteiger partial charge in [0.1, 0.15) is 5.84 Å². The van der Waals surface area contributed by atoms with Gasteiger partial charge in [-0.25, -0.2) is 4.99 Å². The van der Waals surface area contributed by atoms with Crippen molar-refractivity contribution in [2.45, 2.75) is 27.2 Å².